The first-order valence-electron chi connectivity index (χ1n) is 6.62. The van der Waals surface area contributed by atoms with Gasteiger partial charge in [-0.15, -0.1) is 0 Å². The Hall–Kier alpha value is -2.27. The summed E-state index contributed by atoms with van der Waals surface area (Å²) >= 11 is 0. The fraction of sp³-hybridized carbons (Fsp3) is 0.267. The van der Waals surface area contributed by atoms with Crippen molar-refractivity contribution in [1.29, 1.82) is 0 Å². The van der Waals surface area contributed by atoms with Crippen molar-refractivity contribution in [3.05, 3.63) is 48.7 Å². The van der Waals surface area contributed by atoms with Gasteiger partial charge in [-0.25, -0.2) is 10.8 Å². The second-order valence-electron chi connectivity index (χ2n) is 4.21. The van der Waals surface area contributed by atoms with E-state index < -0.39 is 0 Å². The first kappa shape index (κ1) is 14.1. The van der Waals surface area contributed by atoms with E-state index in [2.05, 4.69) is 10.4 Å². The highest BCUT2D eigenvalue weighted by molar-refractivity contribution is 5.48. The molecule has 0 bridgehead atoms. The number of ether oxygens (including phenoxy) is 2. The molecule has 0 saturated carbocycles. The fourth-order valence-electron chi connectivity index (χ4n) is 1.71. The molecule has 20 heavy (non-hydrogen) atoms. The molecule has 0 aliphatic heterocycles. The molecule has 0 unspecified atom stereocenters. The summed E-state index contributed by atoms with van der Waals surface area (Å²) in [7, 11) is 0. The van der Waals surface area contributed by atoms with E-state index in [-0.39, 0.29) is 0 Å². The molecule has 0 amide bonds. The van der Waals surface area contributed by atoms with Crippen LogP contribution in [0.4, 0.5) is 5.82 Å². The smallest absolute Gasteiger partial charge is 0.182 e. The van der Waals surface area contributed by atoms with Crippen LogP contribution in [0.15, 0.2) is 48.7 Å². The van der Waals surface area contributed by atoms with Gasteiger partial charge in [0.05, 0.1) is 13.2 Å². The van der Waals surface area contributed by atoms with E-state index in [1.54, 1.807) is 6.20 Å². The van der Waals surface area contributed by atoms with Crippen molar-refractivity contribution in [3.63, 3.8) is 0 Å². The molecule has 0 aliphatic rings. The molecular weight excluding hydrogens is 254 g/mol. The SMILES string of the molecule is NNc1ncccc1OCCCCOc1ccccc1. The quantitative estimate of drug-likeness (QED) is 0.439. The van der Waals surface area contributed by atoms with Crippen LogP contribution < -0.4 is 20.7 Å². The maximum Gasteiger partial charge on any atom is 0.182 e. The van der Waals surface area contributed by atoms with Crippen molar-refractivity contribution in [2.45, 2.75) is 12.8 Å². The second kappa shape index (κ2) is 8.01. The van der Waals surface area contributed by atoms with Crippen LogP contribution in [0.2, 0.25) is 0 Å². The molecule has 1 aromatic carbocycles. The predicted molar refractivity (Wildman–Crippen MR) is 78.7 cm³/mol. The third-order valence-corrected chi connectivity index (χ3v) is 2.72. The van der Waals surface area contributed by atoms with E-state index in [4.69, 9.17) is 15.3 Å². The highest BCUT2D eigenvalue weighted by atomic mass is 16.5. The van der Waals surface area contributed by atoms with Crippen LogP contribution in [0, 0.1) is 0 Å². The number of hydrogen-bond donors (Lipinski definition) is 2. The van der Waals surface area contributed by atoms with Crippen LogP contribution in [0.3, 0.4) is 0 Å². The van der Waals surface area contributed by atoms with Gasteiger partial charge in [0.25, 0.3) is 0 Å². The Morgan fingerprint density at radius 2 is 1.70 bits per heavy atom. The normalized spacial score (nSPS) is 10.1. The topological polar surface area (TPSA) is 69.4 Å². The fourth-order valence-corrected chi connectivity index (χ4v) is 1.71. The number of nitrogen functional groups attached to an aromatic ring is 1. The summed E-state index contributed by atoms with van der Waals surface area (Å²) in [6, 6.07) is 13.4. The van der Waals surface area contributed by atoms with Gasteiger partial charge in [-0.1, -0.05) is 18.2 Å². The third kappa shape index (κ3) is 4.44. The monoisotopic (exact) mass is 273 g/mol. The van der Waals surface area contributed by atoms with Gasteiger partial charge in [-0.3, -0.25) is 0 Å². The number of hydrazine groups is 1. The highest BCUT2D eigenvalue weighted by Gasteiger charge is 2.01. The van der Waals surface area contributed by atoms with Gasteiger partial charge in [0.1, 0.15) is 5.75 Å². The van der Waals surface area contributed by atoms with Gasteiger partial charge in [0, 0.05) is 6.20 Å². The van der Waals surface area contributed by atoms with Gasteiger partial charge in [0.2, 0.25) is 0 Å². The molecule has 0 fully saturated rings. The van der Waals surface area contributed by atoms with Gasteiger partial charge in [-0.2, -0.15) is 0 Å². The van der Waals surface area contributed by atoms with Crippen LogP contribution in [0.25, 0.3) is 0 Å². The Labute approximate surface area is 118 Å². The Balaban J connectivity index is 1.62. The number of rotatable bonds is 8. The molecule has 3 N–H and O–H groups in total. The lowest BCUT2D eigenvalue weighted by molar-refractivity contribution is 0.266. The molecule has 2 rings (SSSR count). The van der Waals surface area contributed by atoms with E-state index in [9.17, 15) is 0 Å². The lowest BCUT2D eigenvalue weighted by atomic mass is 10.3. The number of hydrogen-bond acceptors (Lipinski definition) is 5. The maximum absolute atomic E-state index is 5.62. The zero-order valence-corrected chi connectivity index (χ0v) is 11.3. The number of nitrogens with one attached hydrogen (secondary N) is 1. The summed E-state index contributed by atoms with van der Waals surface area (Å²) in [6.07, 6.45) is 3.50. The molecule has 5 heteroatoms. The third-order valence-electron chi connectivity index (χ3n) is 2.72. The van der Waals surface area contributed by atoms with Gasteiger partial charge in [0.15, 0.2) is 11.6 Å². The Bertz CT molecular complexity index is 505. The Morgan fingerprint density at radius 3 is 2.45 bits per heavy atom. The number of nitrogens with two attached hydrogens (primary N) is 1. The maximum atomic E-state index is 5.62. The predicted octanol–water partition coefficient (Wildman–Crippen LogP) is 2.61. The first-order chi connectivity index (χ1) is 9.90. The highest BCUT2D eigenvalue weighted by Crippen LogP contribution is 2.19. The van der Waals surface area contributed by atoms with Crippen LogP contribution >= 0.6 is 0 Å². The van der Waals surface area contributed by atoms with Crippen LogP contribution in [0.5, 0.6) is 11.5 Å². The largest absolute Gasteiger partial charge is 0.494 e. The number of aromatic nitrogens is 1. The van der Waals surface area contributed by atoms with Crippen molar-refractivity contribution < 1.29 is 9.47 Å². The number of unbranched alkanes of at least 4 members (excludes halogenated alkanes) is 1. The van der Waals surface area contributed by atoms with Crippen molar-refractivity contribution in [2.75, 3.05) is 18.6 Å². The lowest BCUT2D eigenvalue weighted by Gasteiger charge is -2.10. The van der Waals surface area contributed by atoms with E-state index in [1.807, 2.05) is 42.5 Å². The molecule has 2 aromatic rings. The summed E-state index contributed by atoms with van der Waals surface area (Å²) in [5.41, 5.74) is 2.51. The molecule has 1 aromatic heterocycles. The second-order valence-corrected chi connectivity index (χ2v) is 4.21. The van der Waals surface area contributed by atoms with Crippen LogP contribution in [-0.4, -0.2) is 18.2 Å². The number of nitrogens with zero attached hydrogens (tertiary/aromatic N) is 1. The van der Waals surface area contributed by atoms with Gasteiger partial charge >= 0.3 is 0 Å². The van der Waals surface area contributed by atoms with E-state index in [1.165, 1.54) is 0 Å². The Morgan fingerprint density at radius 1 is 0.950 bits per heavy atom. The van der Waals surface area contributed by atoms with Gasteiger partial charge < -0.3 is 14.9 Å². The molecule has 0 aliphatic carbocycles. The molecular formula is C15H19N3O2. The van der Waals surface area contributed by atoms with Crippen LogP contribution in [0.1, 0.15) is 12.8 Å². The van der Waals surface area contributed by atoms with E-state index >= 15 is 0 Å². The lowest BCUT2D eigenvalue weighted by Crippen LogP contribution is -2.11. The molecule has 5 nitrogen and oxygen atoms in total. The number of benzene rings is 1. The molecule has 0 saturated heterocycles. The molecule has 0 spiro atoms. The minimum atomic E-state index is 0.549. The molecule has 1 heterocycles. The number of pyridine rings is 1. The van der Waals surface area contributed by atoms with Gasteiger partial charge in [-0.05, 0) is 37.1 Å². The molecule has 0 radical (unpaired) electrons. The summed E-state index contributed by atoms with van der Waals surface area (Å²) in [4.78, 5) is 4.07. The van der Waals surface area contributed by atoms with Crippen molar-refractivity contribution in [3.8, 4) is 11.5 Å². The summed E-state index contributed by atoms with van der Waals surface area (Å²) in [6.45, 7) is 1.29. The minimum absolute atomic E-state index is 0.549. The van der Waals surface area contributed by atoms with Crippen LogP contribution in [-0.2, 0) is 0 Å². The molecule has 106 valence electrons. The number of para-hydroxylation sites is 1. The van der Waals surface area contributed by atoms with E-state index in [0.29, 0.717) is 24.8 Å². The minimum Gasteiger partial charge on any atom is -0.494 e. The molecule has 0 atom stereocenters. The van der Waals surface area contributed by atoms with Crippen molar-refractivity contribution in [1.82, 2.24) is 4.98 Å². The van der Waals surface area contributed by atoms with Crippen molar-refractivity contribution >= 4 is 5.82 Å². The number of anilines is 1. The van der Waals surface area contributed by atoms with Crippen molar-refractivity contribution in [2.24, 2.45) is 5.84 Å². The average Bonchev–Trinajstić information content (AvgIpc) is 2.52. The zero-order valence-electron chi connectivity index (χ0n) is 11.3. The van der Waals surface area contributed by atoms with E-state index in [0.717, 1.165) is 18.6 Å². The Kier molecular flexibility index (Phi) is 5.67. The first-order valence-corrected chi connectivity index (χ1v) is 6.62. The summed E-state index contributed by atoms with van der Waals surface area (Å²) in [5, 5.41) is 0. The average molecular weight is 273 g/mol. The summed E-state index contributed by atoms with van der Waals surface area (Å²) in [5.74, 6) is 7.47. The zero-order chi connectivity index (χ0) is 14.0. The standard InChI is InChI=1S/C15H19N3O2/c16-18-15-14(9-6-10-17-15)20-12-5-4-11-19-13-7-2-1-3-8-13/h1-3,6-10H,4-5,11-12,16H2,(H,17,18). The summed E-state index contributed by atoms with van der Waals surface area (Å²) < 4.78 is 11.2.